The number of fused-ring (bicyclic) bond motifs is 1. The van der Waals surface area contributed by atoms with Crippen LogP contribution >= 0.6 is 11.6 Å². The summed E-state index contributed by atoms with van der Waals surface area (Å²) < 4.78 is 40.8. The maximum Gasteiger partial charge on any atom is 0.417 e. The van der Waals surface area contributed by atoms with E-state index in [0.29, 0.717) is 11.8 Å². The Morgan fingerprint density at radius 2 is 1.97 bits per heavy atom. The standard InChI is InChI=1S/C19H15ClF3N3O3/c20-14-4-1-3-13(19(21,22)23)16(14)18(29)26-15-9-11(5-6-12(15)10-25-26)17(28)24-7-2-8-27/h1,3-6,9-10,27H,2,7-8H2,(H,24,28). The Bertz CT molecular complexity index is 1080. The molecule has 0 aliphatic carbocycles. The number of aliphatic hydroxyl groups is 1. The highest BCUT2D eigenvalue weighted by Crippen LogP contribution is 2.35. The molecule has 0 aliphatic rings. The second kappa shape index (κ2) is 8.22. The molecule has 2 aromatic carbocycles. The lowest BCUT2D eigenvalue weighted by Gasteiger charge is -2.13. The summed E-state index contributed by atoms with van der Waals surface area (Å²) in [5, 5.41) is 15.4. The molecular weight excluding hydrogens is 411 g/mol. The normalized spacial score (nSPS) is 11.6. The topological polar surface area (TPSA) is 84.2 Å². The number of halogens is 4. The zero-order valence-electron chi connectivity index (χ0n) is 14.8. The zero-order valence-corrected chi connectivity index (χ0v) is 15.6. The van der Waals surface area contributed by atoms with Gasteiger partial charge in [0, 0.05) is 24.1 Å². The fourth-order valence-electron chi connectivity index (χ4n) is 2.79. The van der Waals surface area contributed by atoms with Gasteiger partial charge in [0.15, 0.2) is 0 Å². The predicted octanol–water partition coefficient (Wildman–Crippen LogP) is 3.51. The monoisotopic (exact) mass is 425 g/mol. The Morgan fingerprint density at radius 3 is 2.66 bits per heavy atom. The molecule has 152 valence electrons. The quantitative estimate of drug-likeness (QED) is 0.613. The van der Waals surface area contributed by atoms with Crippen molar-refractivity contribution >= 4 is 34.3 Å². The SMILES string of the molecule is O=C(NCCCO)c1ccc2cnn(C(=O)c3c(Cl)cccc3C(F)(F)F)c2c1. The van der Waals surface area contributed by atoms with Crippen LogP contribution in [0.1, 0.15) is 32.7 Å². The van der Waals surface area contributed by atoms with Crippen molar-refractivity contribution < 1.29 is 27.9 Å². The Hall–Kier alpha value is -2.91. The Kier molecular flexibility index (Phi) is 5.90. The number of rotatable bonds is 5. The lowest BCUT2D eigenvalue weighted by atomic mass is 10.1. The Balaban J connectivity index is 2.04. The fraction of sp³-hybridized carbons (Fsp3) is 0.211. The molecule has 0 bridgehead atoms. The highest BCUT2D eigenvalue weighted by Gasteiger charge is 2.37. The van der Waals surface area contributed by atoms with Crippen LogP contribution in [0.15, 0.2) is 42.6 Å². The molecule has 1 aromatic heterocycles. The van der Waals surface area contributed by atoms with Crippen LogP contribution in [0.25, 0.3) is 10.9 Å². The number of carbonyl (C=O) groups is 2. The van der Waals surface area contributed by atoms with Crippen LogP contribution in [0, 0.1) is 0 Å². The summed E-state index contributed by atoms with van der Waals surface area (Å²) in [6, 6.07) is 7.46. The molecular formula is C19H15ClF3N3O3. The second-order valence-corrected chi connectivity index (χ2v) is 6.54. The number of carbonyl (C=O) groups excluding carboxylic acids is 2. The molecule has 0 radical (unpaired) electrons. The summed E-state index contributed by atoms with van der Waals surface area (Å²) in [6.45, 7) is 0.167. The predicted molar refractivity (Wildman–Crippen MR) is 100.0 cm³/mol. The highest BCUT2D eigenvalue weighted by atomic mass is 35.5. The molecule has 0 aliphatic heterocycles. The van der Waals surface area contributed by atoms with Crippen LogP contribution in [0.4, 0.5) is 13.2 Å². The van der Waals surface area contributed by atoms with Crippen LogP contribution in [-0.2, 0) is 6.18 Å². The summed E-state index contributed by atoms with van der Waals surface area (Å²) in [4.78, 5) is 25.1. The minimum atomic E-state index is -4.78. The number of amides is 1. The van der Waals surface area contributed by atoms with Gasteiger partial charge in [-0.15, -0.1) is 0 Å². The van der Waals surface area contributed by atoms with E-state index in [9.17, 15) is 22.8 Å². The second-order valence-electron chi connectivity index (χ2n) is 6.13. The van der Waals surface area contributed by atoms with E-state index in [4.69, 9.17) is 16.7 Å². The van der Waals surface area contributed by atoms with Crippen LogP contribution in [0.5, 0.6) is 0 Å². The van der Waals surface area contributed by atoms with E-state index >= 15 is 0 Å². The minimum Gasteiger partial charge on any atom is -0.396 e. The first-order chi connectivity index (χ1) is 13.7. The van der Waals surface area contributed by atoms with Gasteiger partial charge in [0.05, 0.1) is 27.9 Å². The molecule has 0 atom stereocenters. The number of alkyl halides is 3. The molecule has 1 amide bonds. The molecule has 1 heterocycles. The molecule has 0 spiro atoms. The number of aliphatic hydroxyl groups excluding tert-OH is 1. The Labute approximate surface area is 167 Å². The molecule has 0 unspecified atom stereocenters. The van der Waals surface area contributed by atoms with E-state index < -0.39 is 29.1 Å². The average molecular weight is 426 g/mol. The smallest absolute Gasteiger partial charge is 0.396 e. The van der Waals surface area contributed by atoms with E-state index in [2.05, 4.69) is 10.4 Å². The maximum absolute atomic E-state index is 13.4. The van der Waals surface area contributed by atoms with Crippen molar-refractivity contribution in [3.63, 3.8) is 0 Å². The Morgan fingerprint density at radius 1 is 1.21 bits per heavy atom. The van der Waals surface area contributed by atoms with Gasteiger partial charge in [0.1, 0.15) is 0 Å². The fourth-order valence-corrected chi connectivity index (χ4v) is 3.04. The maximum atomic E-state index is 13.4. The summed E-state index contributed by atoms with van der Waals surface area (Å²) in [5.74, 6) is -1.51. The van der Waals surface area contributed by atoms with Crippen molar-refractivity contribution in [2.24, 2.45) is 0 Å². The summed E-state index contributed by atoms with van der Waals surface area (Å²) in [7, 11) is 0. The van der Waals surface area contributed by atoms with Crippen molar-refractivity contribution in [2.75, 3.05) is 13.2 Å². The molecule has 0 saturated carbocycles. The van der Waals surface area contributed by atoms with Gasteiger partial charge in [-0.25, -0.2) is 0 Å². The average Bonchev–Trinajstić information content (AvgIpc) is 3.10. The van der Waals surface area contributed by atoms with Crippen LogP contribution in [0.3, 0.4) is 0 Å². The number of hydrogen-bond donors (Lipinski definition) is 2. The number of nitrogens with zero attached hydrogens (tertiary/aromatic N) is 2. The highest BCUT2D eigenvalue weighted by molar-refractivity contribution is 6.34. The van der Waals surface area contributed by atoms with Gasteiger partial charge in [0.25, 0.3) is 11.8 Å². The van der Waals surface area contributed by atoms with Gasteiger partial charge in [-0.05, 0) is 30.7 Å². The van der Waals surface area contributed by atoms with E-state index in [-0.39, 0.29) is 29.3 Å². The van der Waals surface area contributed by atoms with Gasteiger partial charge in [0.2, 0.25) is 0 Å². The van der Waals surface area contributed by atoms with E-state index in [0.717, 1.165) is 16.8 Å². The first kappa shape index (κ1) is 20.8. The zero-order chi connectivity index (χ0) is 21.2. The summed E-state index contributed by atoms with van der Waals surface area (Å²) in [5.41, 5.74) is -1.53. The van der Waals surface area contributed by atoms with Crippen molar-refractivity contribution in [3.05, 3.63) is 64.3 Å². The van der Waals surface area contributed by atoms with E-state index in [1.807, 2.05) is 0 Å². The number of benzene rings is 2. The van der Waals surface area contributed by atoms with E-state index in [1.54, 1.807) is 0 Å². The summed E-state index contributed by atoms with van der Waals surface area (Å²) >= 11 is 5.90. The van der Waals surface area contributed by atoms with Gasteiger partial charge in [-0.2, -0.15) is 23.0 Å². The largest absolute Gasteiger partial charge is 0.417 e. The molecule has 29 heavy (non-hydrogen) atoms. The molecule has 6 nitrogen and oxygen atoms in total. The molecule has 2 N–H and O–H groups in total. The van der Waals surface area contributed by atoms with Crippen LogP contribution in [-0.4, -0.2) is 39.9 Å². The van der Waals surface area contributed by atoms with Gasteiger partial charge < -0.3 is 10.4 Å². The van der Waals surface area contributed by atoms with E-state index in [1.165, 1.54) is 30.5 Å². The molecule has 3 aromatic rings. The lowest BCUT2D eigenvalue weighted by Crippen LogP contribution is -2.25. The third kappa shape index (κ3) is 4.25. The third-order valence-corrected chi connectivity index (χ3v) is 4.49. The van der Waals surface area contributed by atoms with Crippen molar-refractivity contribution in [3.8, 4) is 0 Å². The van der Waals surface area contributed by atoms with Gasteiger partial charge in [-0.1, -0.05) is 23.7 Å². The van der Waals surface area contributed by atoms with Gasteiger partial charge in [-0.3, -0.25) is 9.59 Å². The number of nitrogens with one attached hydrogen (secondary N) is 1. The molecule has 3 rings (SSSR count). The van der Waals surface area contributed by atoms with Crippen LogP contribution < -0.4 is 5.32 Å². The summed E-state index contributed by atoms with van der Waals surface area (Å²) in [6.07, 6.45) is -3.10. The lowest BCUT2D eigenvalue weighted by molar-refractivity contribution is -0.137. The van der Waals surface area contributed by atoms with Crippen LogP contribution in [0.2, 0.25) is 5.02 Å². The molecule has 0 fully saturated rings. The minimum absolute atomic E-state index is 0.0834. The van der Waals surface area contributed by atoms with Crippen molar-refractivity contribution in [1.29, 1.82) is 0 Å². The number of aromatic nitrogens is 2. The van der Waals surface area contributed by atoms with Crippen molar-refractivity contribution in [2.45, 2.75) is 12.6 Å². The first-order valence-corrected chi connectivity index (χ1v) is 8.89. The number of hydrogen-bond acceptors (Lipinski definition) is 4. The van der Waals surface area contributed by atoms with Gasteiger partial charge >= 0.3 is 6.18 Å². The first-order valence-electron chi connectivity index (χ1n) is 8.51. The molecule has 0 saturated heterocycles. The molecule has 10 heteroatoms. The van der Waals surface area contributed by atoms with Crippen molar-refractivity contribution in [1.82, 2.24) is 15.1 Å². The third-order valence-electron chi connectivity index (χ3n) is 4.18.